The monoisotopic (exact) mass is 304 g/mol. The molecule has 19 heavy (non-hydrogen) atoms. The second-order valence-electron chi connectivity index (χ2n) is 3.22. The number of nitrogens with one attached hydrogen (secondary N) is 3. The molecule has 2 aromatic heterocycles. The van der Waals surface area contributed by atoms with Gasteiger partial charge in [-0.25, -0.2) is 24.0 Å². The zero-order valence-electron chi connectivity index (χ0n) is 9.15. The van der Waals surface area contributed by atoms with E-state index in [-0.39, 0.29) is 15.2 Å². The Kier molecular flexibility index (Phi) is 3.37. The first-order valence-electron chi connectivity index (χ1n) is 4.71. The number of H-pyrrole nitrogens is 1. The second-order valence-corrected chi connectivity index (χ2v) is 6.19. The van der Waals surface area contributed by atoms with E-state index in [2.05, 4.69) is 20.1 Å². The van der Waals surface area contributed by atoms with E-state index < -0.39 is 20.6 Å². The van der Waals surface area contributed by atoms with Gasteiger partial charge in [-0.1, -0.05) is 11.3 Å². The van der Waals surface area contributed by atoms with Gasteiger partial charge in [0, 0.05) is 18.5 Å². The fourth-order valence-electron chi connectivity index (χ4n) is 1.23. The van der Waals surface area contributed by atoms with Crippen molar-refractivity contribution in [2.75, 3.05) is 10.1 Å². The highest BCUT2D eigenvalue weighted by atomic mass is 32.2. The van der Waals surface area contributed by atoms with Crippen LogP contribution in [0.2, 0.25) is 0 Å². The molecule has 0 aliphatic rings. The third kappa shape index (κ3) is 2.64. The van der Waals surface area contributed by atoms with Crippen molar-refractivity contribution < 1.29 is 13.3 Å². The lowest BCUT2D eigenvalue weighted by atomic mass is 10.5. The van der Waals surface area contributed by atoms with Gasteiger partial charge in [0.25, 0.3) is 10.0 Å². The molecule has 0 aliphatic heterocycles. The lowest BCUT2D eigenvalue weighted by Gasteiger charge is -2.01. The summed E-state index contributed by atoms with van der Waals surface area (Å²) < 4.78 is 25.8. The number of rotatable bonds is 5. The van der Waals surface area contributed by atoms with Crippen LogP contribution in [0.25, 0.3) is 0 Å². The zero-order chi connectivity index (χ0) is 14.0. The fraction of sp³-hybridized carbons (Fsp3) is 0. The Hall–Kier alpha value is -2.18. The Bertz CT molecular complexity index is 691. The first-order valence-corrected chi connectivity index (χ1v) is 7.01. The molecule has 0 unspecified atom stereocenters. The number of hydrogen-bond acceptors (Lipinski definition) is 8. The van der Waals surface area contributed by atoms with E-state index in [1.54, 1.807) is 0 Å². The maximum atomic E-state index is 12.0. The normalized spacial score (nSPS) is 11.2. The molecule has 2 heterocycles. The first kappa shape index (κ1) is 13.3. The predicted octanol–water partition coefficient (Wildman–Crippen LogP) is 0.466. The summed E-state index contributed by atoms with van der Waals surface area (Å²) in [6, 6.07) is 0.922. The average molecular weight is 304 g/mol. The number of aromatic amines is 1. The zero-order valence-corrected chi connectivity index (χ0v) is 10.8. The van der Waals surface area contributed by atoms with E-state index in [4.69, 9.17) is 5.84 Å². The largest absolute Gasteiger partial charge is 0.330 e. The molecule has 0 bridgehead atoms. The van der Waals surface area contributed by atoms with Gasteiger partial charge in [0.1, 0.15) is 4.21 Å². The maximum absolute atomic E-state index is 12.0. The first-order chi connectivity index (χ1) is 8.94. The van der Waals surface area contributed by atoms with Crippen molar-refractivity contribution in [2.45, 2.75) is 4.21 Å². The lowest BCUT2D eigenvalue weighted by Crippen LogP contribution is -2.12. The van der Waals surface area contributed by atoms with Crippen LogP contribution in [-0.2, 0) is 10.0 Å². The molecule has 0 atom stereocenters. The molecule has 0 aromatic carbocycles. The molecular formula is C7H8N6O4S2. The summed E-state index contributed by atoms with van der Waals surface area (Å²) in [7, 11) is -3.95. The molecule has 2 aromatic rings. The van der Waals surface area contributed by atoms with Crippen LogP contribution in [0, 0.1) is 10.1 Å². The standard InChI is InChI=1S/C7H8N6O4S2/c8-11-6-4(13(14)15)3-5(18-6)19(16,17)12-7-9-1-2-10-7/h1-3,11H,8H2,(H2,9,10,12). The number of anilines is 2. The van der Waals surface area contributed by atoms with E-state index in [0.29, 0.717) is 11.3 Å². The lowest BCUT2D eigenvalue weighted by molar-refractivity contribution is -0.383. The van der Waals surface area contributed by atoms with Gasteiger partial charge < -0.3 is 10.4 Å². The van der Waals surface area contributed by atoms with Gasteiger partial charge in [-0.05, 0) is 0 Å². The number of nitro groups is 1. The SMILES string of the molecule is NNc1sc(S(=O)(=O)Nc2ncc[nH]2)cc1[N+](=O)[O-]. The minimum Gasteiger partial charge on any atom is -0.330 e. The highest BCUT2D eigenvalue weighted by Gasteiger charge is 2.26. The number of hydrogen-bond donors (Lipinski definition) is 4. The van der Waals surface area contributed by atoms with Crippen LogP contribution < -0.4 is 16.0 Å². The van der Waals surface area contributed by atoms with E-state index >= 15 is 0 Å². The van der Waals surface area contributed by atoms with Crippen LogP contribution >= 0.6 is 11.3 Å². The third-order valence-electron chi connectivity index (χ3n) is 2.01. The number of hydrazine groups is 1. The minimum absolute atomic E-state index is 0.0123. The maximum Gasteiger partial charge on any atom is 0.306 e. The van der Waals surface area contributed by atoms with Gasteiger partial charge in [-0.3, -0.25) is 10.1 Å². The predicted molar refractivity (Wildman–Crippen MR) is 68.2 cm³/mol. The van der Waals surface area contributed by atoms with Crippen molar-refractivity contribution >= 4 is 38.0 Å². The topological polar surface area (TPSA) is 156 Å². The smallest absolute Gasteiger partial charge is 0.306 e. The quantitative estimate of drug-likeness (QED) is 0.355. The Morgan fingerprint density at radius 2 is 2.26 bits per heavy atom. The molecule has 10 nitrogen and oxygen atoms in total. The molecule has 0 fully saturated rings. The molecule has 0 radical (unpaired) electrons. The van der Waals surface area contributed by atoms with E-state index in [9.17, 15) is 18.5 Å². The summed E-state index contributed by atoms with van der Waals surface area (Å²) in [5.41, 5.74) is 1.68. The van der Waals surface area contributed by atoms with Gasteiger partial charge in [-0.2, -0.15) is 0 Å². The van der Waals surface area contributed by atoms with Gasteiger partial charge in [-0.15, -0.1) is 0 Å². The van der Waals surface area contributed by atoms with E-state index in [1.807, 2.05) is 0 Å². The van der Waals surface area contributed by atoms with Crippen LogP contribution in [0.4, 0.5) is 16.6 Å². The van der Waals surface area contributed by atoms with Crippen molar-refractivity contribution in [3.63, 3.8) is 0 Å². The number of imidazole rings is 1. The number of nitrogens with zero attached hydrogens (tertiary/aromatic N) is 2. The second kappa shape index (κ2) is 4.83. The van der Waals surface area contributed by atoms with Crippen LogP contribution in [0.1, 0.15) is 0 Å². The summed E-state index contributed by atoms with van der Waals surface area (Å²) in [6.45, 7) is 0. The van der Waals surface area contributed by atoms with Crippen molar-refractivity contribution in [2.24, 2.45) is 5.84 Å². The summed E-state index contributed by atoms with van der Waals surface area (Å²) in [6.07, 6.45) is 2.79. The number of sulfonamides is 1. The molecular weight excluding hydrogens is 296 g/mol. The summed E-state index contributed by atoms with van der Waals surface area (Å²) >= 11 is 0.647. The summed E-state index contributed by atoms with van der Waals surface area (Å²) in [4.78, 5) is 16.2. The van der Waals surface area contributed by atoms with Crippen molar-refractivity contribution in [1.29, 1.82) is 0 Å². The Morgan fingerprint density at radius 1 is 1.53 bits per heavy atom. The molecule has 102 valence electrons. The van der Waals surface area contributed by atoms with Crippen LogP contribution in [0.15, 0.2) is 22.7 Å². The minimum atomic E-state index is -3.95. The van der Waals surface area contributed by atoms with Gasteiger partial charge in [0.2, 0.25) is 5.95 Å². The highest BCUT2D eigenvalue weighted by Crippen LogP contribution is 2.36. The van der Waals surface area contributed by atoms with E-state index in [0.717, 1.165) is 6.07 Å². The Balaban J connectivity index is 2.38. The molecule has 0 saturated heterocycles. The van der Waals surface area contributed by atoms with Crippen LogP contribution in [-0.4, -0.2) is 23.3 Å². The van der Waals surface area contributed by atoms with Crippen molar-refractivity contribution in [1.82, 2.24) is 9.97 Å². The molecule has 0 saturated carbocycles. The van der Waals surface area contributed by atoms with Crippen molar-refractivity contribution in [3.8, 4) is 0 Å². The fourth-order valence-corrected chi connectivity index (χ4v) is 3.45. The van der Waals surface area contributed by atoms with Crippen LogP contribution in [0.5, 0.6) is 0 Å². The van der Waals surface area contributed by atoms with Crippen molar-refractivity contribution in [3.05, 3.63) is 28.6 Å². The van der Waals surface area contributed by atoms with Gasteiger partial charge in [0.15, 0.2) is 5.00 Å². The molecule has 2 rings (SSSR count). The summed E-state index contributed by atoms with van der Waals surface area (Å²) in [5, 5.41) is 10.7. The number of aromatic nitrogens is 2. The van der Waals surface area contributed by atoms with Crippen LogP contribution in [0.3, 0.4) is 0 Å². The average Bonchev–Trinajstić information content (AvgIpc) is 2.95. The Morgan fingerprint density at radius 3 is 2.74 bits per heavy atom. The molecule has 12 heteroatoms. The summed E-state index contributed by atoms with van der Waals surface area (Å²) in [5.74, 6) is 5.12. The number of thiophene rings is 1. The number of nitrogen functional groups attached to an aromatic ring is 1. The molecule has 5 N–H and O–H groups in total. The van der Waals surface area contributed by atoms with Gasteiger partial charge in [0.05, 0.1) is 4.92 Å². The van der Waals surface area contributed by atoms with Gasteiger partial charge >= 0.3 is 5.69 Å². The highest BCUT2D eigenvalue weighted by molar-refractivity contribution is 7.94. The molecule has 0 spiro atoms. The molecule has 0 amide bonds. The van der Waals surface area contributed by atoms with E-state index in [1.165, 1.54) is 12.4 Å². The third-order valence-corrected chi connectivity index (χ3v) is 4.88. The molecule has 0 aliphatic carbocycles. The Labute approximate surface area is 110 Å². The number of nitrogens with two attached hydrogens (primary N) is 1.